The fourth-order valence-corrected chi connectivity index (χ4v) is 2.85. The van der Waals surface area contributed by atoms with Gasteiger partial charge >= 0.3 is 0 Å². The quantitative estimate of drug-likeness (QED) is 0.712. The number of nitrogens with zero attached hydrogens (tertiary/aromatic N) is 1. The number of benzene rings is 1. The number of hydrogen-bond acceptors (Lipinski definition) is 4. The van der Waals surface area contributed by atoms with E-state index >= 15 is 0 Å². The second-order valence-corrected chi connectivity index (χ2v) is 6.10. The van der Waals surface area contributed by atoms with Crippen LogP contribution in [-0.2, 0) is 0 Å². The van der Waals surface area contributed by atoms with Crippen LogP contribution in [0.3, 0.4) is 0 Å². The van der Waals surface area contributed by atoms with E-state index in [-0.39, 0.29) is 0 Å². The first-order valence-corrected chi connectivity index (χ1v) is 7.98. The molecule has 1 aromatic rings. The average molecular weight is 292 g/mol. The van der Waals surface area contributed by atoms with Crippen LogP contribution in [0.4, 0.5) is 0 Å². The van der Waals surface area contributed by atoms with Gasteiger partial charge in [0.25, 0.3) is 0 Å². The first-order chi connectivity index (χ1) is 10.1. The minimum Gasteiger partial charge on any atom is -0.389 e. The monoisotopic (exact) mass is 292 g/mol. The zero-order chi connectivity index (χ0) is 15.2. The van der Waals surface area contributed by atoms with Crippen molar-refractivity contribution in [3.63, 3.8) is 0 Å². The fraction of sp³-hybridized carbons (Fsp3) is 0.647. The molecule has 0 spiro atoms. The van der Waals surface area contributed by atoms with Gasteiger partial charge in [0.2, 0.25) is 0 Å². The van der Waals surface area contributed by atoms with E-state index in [2.05, 4.69) is 48.3 Å². The van der Waals surface area contributed by atoms with Crippen molar-refractivity contribution in [3.8, 4) is 0 Å². The molecule has 3 atom stereocenters. The minimum absolute atomic E-state index is 0.334. The molecule has 0 radical (unpaired) electrons. The van der Waals surface area contributed by atoms with E-state index in [1.54, 1.807) is 0 Å². The molecule has 1 saturated heterocycles. The maximum atomic E-state index is 9.62. The van der Waals surface area contributed by atoms with Crippen molar-refractivity contribution >= 4 is 0 Å². The third kappa shape index (κ3) is 4.78. The van der Waals surface area contributed by atoms with Gasteiger partial charge in [-0.3, -0.25) is 4.90 Å². The molecule has 118 valence electrons. The first kappa shape index (κ1) is 16.4. The van der Waals surface area contributed by atoms with Gasteiger partial charge in [0.1, 0.15) is 0 Å². The average Bonchev–Trinajstić information content (AvgIpc) is 2.79. The van der Waals surface area contributed by atoms with Gasteiger partial charge in [-0.05, 0) is 31.9 Å². The molecule has 1 fully saturated rings. The molecule has 4 heteroatoms. The first-order valence-electron chi connectivity index (χ1n) is 7.98. The third-order valence-corrected chi connectivity index (χ3v) is 4.19. The van der Waals surface area contributed by atoms with Crippen LogP contribution in [0.5, 0.6) is 0 Å². The maximum Gasteiger partial charge on any atom is 0.0938 e. The summed E-state index contributed by atoms with van der Waals surface area (Å²) in [5.74, 6) is 0. The lowest BCUT2D eigenvalue weighted by atomic mass is 10.0. The molecule has 1 aromatic carbocycles. The number of aryl methyl sites for hydroxylation is 1. The smallest absolute Gasteiger partial charge is 0.0938 e. The van der Waals surface area contributed by atoms with Gasteiger partial charge in [0.05, 0.1) is 12.2 Å². The molecule has 0 aliphatic carbocycles. The van der Waals surface area contributed by atoms with Gasteiger partial charge in [-0.1, -0.05) is 36.8 Å². The zero-order valence-electron chi connectivity index (χ0n) is 13.1. The Labute approximate surface area is 127 Å². The molecule has 1 aliphatic heterocycles. The molecule has 0 amide bonds. The van der Waals surface area contributed by atoms with Gasteiger partial charge in [-0.2, -0.15) is 0 Å². The van der Waals surface area contributed by atoms with Crippen molar-refractivity contribution in [2.75, 3.05) is 26.2 Å². The standard InChI is InChI=1S/C17H28N2O2/c1-3-9-18-15(14-6-4-13(2)5-7-14)8-10-19-11-16(20)17(21)12-19/h4-7,15-18,20-21H,3,8-12H2,1-2H3. The Morgan fingerprint density at radius 3 is 2.38 bits per heavy atom. The highest BCUT2D eigenvalue weighted by molar-refractivity contribution is 5.24. The zero-order valence-corrected chi connectivity index (χ0v) is 13.1. The summed E-state index contributed by atoms with van der Waals surface area (Å²) in [6.45, 7) is 7.33. The van der Waals surface area contributed by atoms with Crippen molar-refractivity contribution < 1.29 is 10.2 Å². The number of nitrogens with one attached hydrogen (secondary N) is 1. The predicted molar refractivity (Wildman–Crippen MR) is 85.3 cm³/mol. The van der Waals surface area contributed by atoms with Gasteiger partial charge in [-0.25, -0.2) is 0 Å². The summed E-state index contributed by atoms with van der Waals surface area (Å²) in [4.78, 5) is 2.14. The molecule has 3 N–H and O–H groups in total. The molecule has 1 heterocycles. The van der Waals surface area contributed by atoms with E-state index in [0.29, 0.717) is 19.1 Å². The number of likely N-dealkylation sites (tertiary alicyclic amines) is 1. The normalized spacial score (nSPS) is 24.4. The summed E-state index contributed by atoms with van der Waals surface area (Å²) in [6, 6.07) is 9.02. The molecule has 4 nitrogen and oxygen atoms in total. The highest BCUT2D eigenvalue weighted by Crippen LogP contribution is 2.20. The van der Waals surface area contributed by atoms with Crippen LogP contribution >= 0.6 is 0 Å². The summed E-state index contributed by atoms with van der Waals surface area (Å²) in [6.07, 6.45) is 0.921. The van der Waals surface area contributed by atoms with Crippen LogP contribution in [-0.4, -0.2) is 53.5 Å². The molecular formula is C17H28N2O2. The van der Waals surface area contributed by atoms with Gasteiger partial charge < -0.3 is 15.5 Å². The fourth-order valence-electron chi connectivity index (χ4n) is 2.85. The van der Waals surface area contributed by atoms with Crippen molar-refractivity contribution in [2.24, 2.45) is 0 Å². The van der Waals surface area contributed by atoms with Crippen LogP contribution in [0.15, 0.2) is 24.3 Å². The van der Waals surface area contributed by atoms with Crippen LogP contribution < -0.4 is 5.32 Å². The summed E-state index contributed by atoms with van der Waals surface area (Å²) >= 11 is 0. The number of aliphatic hydroxyl groups is 2. The molecule has 0 saturated carbocycles. The SMILES string of the molecule is CCCNC(CCN1CC(O)C(O)C1)c1ccc(C)cc1. The molecule has 0 aromatic heterocycles. The summed E-state index contributed by atoms with van der Waals surface area (Å²) in [7, 11) is 0. The summed E-state index contributed by atoms with van der Waals surface area (Å²) in [5.41, 5.74) is 2.59. The number of hydrogen-bond donors (Lipinski definition) is 3. The highest BCUT2D eigenvalue weighted by atomic mass is 16.3. The van der Waals surface area contributed by atoms with Crippen molar-refractivity contribution in [1.29, 1.82) is 0 Å². The second kappa shape index (κ2) is 7.90. The Morgan fingerprint density at radius 1 is 1.19 bits per heavy atom. The van der Waals surface area contributed by atoms with Crippen molar-refractivity contribution in [2.45, 2.75) is 44.9 Å². The third-order valence-electron chi connectivity index (χ3n) is 4.19. The van der Waals surface area contributed by atoms with Crippen LogP contribution in [0.1, 0.15) is 36.9 Å². The van der Waals surface area contributed by atoms with Gasteiger partial charge in [0, 0.05) is 25.7 Å². The Kier molecular flexibility index (Phi) is 6.18. The van der Waals surface area contributed by atoms with Crippen LogP contribution in [0.2, 0.25) is 0 Å². The predicted octanol–water partition coefficient (Wildman–Crippen LogP) is 1.46. The lowest BCUT2D eigenvalue weighted by Gasteiger charge is -2.22. The lowest BCUT2D eigenvalue weighted by molar-refractivity contribution is 0.0572. The van der Waals surface area contributed by atoms with E-state index < -0.39 is 12.2 Å². The Morgan fingerprint density at radius 2 is 1.81 bits per heavy atom. The van der Waals surface area contributed by atoms with E-state index in [4.69, 9.17) is 0 Å². The van der Waals surface area contributed by atoms with E-state index in [0.717, 1.165) is 25.9 Å². The van der Waals surface area contributed by atoms with Gasteiger partial charge in [0.15, 0.2) is 0 Å². The summed E-state index contributed by atoms with van der Waals surface area (Å²) in [5, 5.41) is 22.8. The Balaban J connectivity index is 1.92. The number of aliphatic hydroxyl groups excluding tert-OH is 2. The molecule has 0 bridgehead atoms. The van der Waals surface area contributed by atoms with Crippen LogP contribution in [0.25, 0.3) is 0 Å². The molecule has 1 aliphatic rings. The molecule has 2 rings (SSSR count). The summed E-state index contributed by atoms with van der Waals surface area (Å²) < 4.78 is 0. The van der Waals surface area contributed by atoms with E-state index in [1.165, 1.54) is 11.1 Å². The van der Waals surface area contributed by atoms with Crippen LogP contribution in [0, 0.1) is 6.92 Å². The minimum atomic E-state index is -0.591. The molecular weight excluding hydrogens is 264 g/mol. The van der Waals surface area contributed by atoms with Crippen molar-refractivity contribution in [1.82, 2.24) is 10.2 Å². The topological polar surface area (TPSA) is 55.7 Å². The number of β-amino-alcohol motifs (C(OH)–C–C–N with tert-alkyl or cyclic N) is 2. The van der Waals surface area contributed by atoms with E-state index in [9.17, 15) is 10.2 Å². The second-order valence-electron chi connectivity index (χ2n) is 6.10. The molecule has 21 heavy (non-hydrogen) atoms. The molecule has 3 unspecified atom stereocenters. The number of rotatable bonds is 7. The van der Waals surface area contributed by atoms with Crippen molar-refractivity contribution in [3.05, 3.63) is 35.4 Å². The van der Waals surface area contributed by atoms with E-state index in [1.807, 2.05) is 0 Å². The maximum absolute atomic E-state index is 9.62. The Hall–Kier alpha value is -0.940. The Bertz CT molecular complexity index is 411. The lowest BCUT2D eigenvalue weighted by Crippen LogP contribution is -2.29. The van der Waals surface area contributed by atoms with Gasteiger partial charge in [-0.15, -0.1) is 0 Å². The largest absolute Gasteiger partial charge is 0.389 e. The highest BCUT2D eigenvalue weighted by Gasteiger charge is 2.29.